The number of hydrogen-bond acceptors (Lipinski definition) is 2. The highest BCUT2D eigenvalue weighted by molar-refractivity contribution is 5.40. The lowest BCUT2D eigenvalue weighted by atomic mass is 9.96. The van der Waals surface area contributed by atoms with Crippen molar-refractivity contribution in [3.8, 4) is 0 Å². The van der Waals surface area contributed by atoms with Crippen LogP contribution in [-0.4, -0.2) is 9.55 Å². The Hall–Kier alpha value is -0.990. The Kier molecular flexibility index (Phi) is 2.98. The van der Waals surface area contributed by atoms with E-state index in [1.54, 1.807) is 0 Å². The monoisotopic (exact) mass is 207 g/mol. The molecule has 15 heavy (non-hydrogen) atoms. The summed E-state index contributed by atoms with van der Waals surface area (Å²) in [6, 6.07) is 0. The predicted octanol–water partition coefficient (Wildman–Crippen LogP) is 2.75. The van der Waals surface area contributed by atoms with Gasteiger partial charge in [0.15, 0.2) is 0 Å². The Morgan fingerprint density at radius 2 is 1.80 bits per heavy atom. The molecule has 3 nitrogen and oxygen atoms in total. The van der Waals surface area contributed by atoms with Crippen LogP contribution in [-0.2, 0) is 7.05 Å². The minimum Gasteiger partial charge on any atom is -0.384 e. The van der Waals surface area contributed by atoms with Crippen LogP contribution in [0.1, 0.15) is 56.0 Å². The third-order valence-corrected chi connectivity index (χ3v) is 3.63. The number of rotatable bonds is 1. The molecule has 3 heteroatoms. The quantitative estimate of drug-likeness (QED) is 0.720. The molecule has 1 aliphatic rings. The maximum Gasteiger partial charge on any atom is 0.126 e. The first kappa shape index (κ1) is 10.5. The highest BCUT2D eigenvalue weighted by Gasteiger charge is 2.20. The molecule has 1 aromatic rings. The third kappa shape index (κ3) is 2.01. The fourth-order valence-electron chi connectivity index (χ4n) is 2.51. The van der Waals surface area contributed by atoms with Crippen molar-refractivity contribution in [2.75, 3.05) is 5.73 Å². The lowest BCUT2D eigenvalue weighted by Gasteiger charge is -2.12. The van der Waals surface area contributed by atoms with E-state index in [2.05, 4.69) is 4.98 Å². The van der Waals surface area contributed by atoms with E-state index in [0.717, 1.165) is 17.3 Å². The average molecular weight is 207 g/mol. The van der Waals surface area contributed by atoms with Crippen molar-refractivity contribution >= 4 is 5.82 Å². The Bertz CT molecular complexity index is 333. The Balaban J connectivity index is 2.23. The van der Waals surface area contributed by atoms with Crippen molar-refractivity contribution in [2.45, 2.75) is 51.4 Å². The number of nitrogen functional groups attached to an aromatic ring is 1. The molecule has 0 radical (unpaired) electrons. The molecule has 1 aromatic heterocycles. The molecule has 0 unspecified atom stereocenters. The Morgan fingerprint density at radius 3 is 2.27 bits per heavy atom. The molecule has 0 aromatic carbocycles. The molecule has 2 rings (SSSR count). The van der Waals surface area contributed by atoms with Crippen LogP contribution in [0.15, 0.2) is 0 Å². The van der Waals surface area contributed by atoms with Crippen LogP contribution in [0.4, 0.5) is 5.82 Å². The normalized spacial score (nSPS) is 19.1. The van der Waals surface area contributed by atoms with E-state index in [1.807, 2.05) is 18.5 Å². The topological polar surface area (TPSA) is 43.8 Å². The fourth-order valence-corrected chi connectivity index (χ4v) is 2.51. The van der Waals surface area contributed by atoms with E-state index in [1.165, 1.54) is 38.5 Å². The van der Waals surface area contributed by atoms with Crippen molar-refractivity contribution < 1.29 is 0 Å². The summed E-state index contributed by atoms with van der Waals surface area (Å²) in [6.45, 7) is 2.02. The lowest BCUT2D eigenvalue weighted by molar-refractivity contribution is 0.581. The molecule has 0 amide bonds. The van der Waals surface area contributed by atoms with Crippen LogP contribution < -0.4 is 5.73 Å². The van der Waals surface area contributed by atoms with Gasteiger partial charge < -0.3 is 10.3 Å². The van der Waals surface area contributed by atoms with Crippen molar-refractivity contribution in [1.29, 1.82) is 0 Å². The van der Waals surface area contributed by atoms with Gasteiger partial charge in [-0.25, -0.2) is 4.98 Å². The zero-order valence-electron chi connectivity index (χ0n) is 9.79. The number of nitrogens with zero attached hydrogens (tertiary/aromatic N) is 2. The van der Waals surface area contributed by atoms with Crippen LogP contribution in [0, 0.1) is 6.92 Å². The molecule has 1 aliphatic carbocycles. The van der Waals surface area contributed by atoms with Gasteiger partial charge in [0, 0.05) is 13.0 Å². The summed E-state index contributed by atoms with van der Waals surface area (Å²) in [5, 5.41) is 0. The number of imidazole rings is 1. The second-order valence-electron chi connectivity index (χ2n) is 4.68. The highest BCUT2D eigenvalue weighted by Crippen LogP contribution is 2.33. The summed E-state index contributed by atoms with van der Waals surface area (Å²) in [5.74, 6) is 2.51. The zero-order chi connectivity index (χ0) is 10.8. The molecule has 1 heterocycles. The van der Waals surface area contributed by atoms with E-state index in [9.17, 15) is 0 Å². The molecule has 1 fully saturated rings. The van der Waals surface area contributed by atoms with Crippen LogP contribution in [0.2, 0.25) is 0 Å². The van der Waals surface area contributed by atoms with Gasteiger partial charge in [0.2, 0.25) is 0 Å². The van der Waals surface area contributed by atoms with Crippen LogP contribution in [0.5, 0.6) is 0 Å². The van der Waals surface area contributed by atoms with E-state index >= 15 is 0 Å². The number of hydrogen-bond donors (Lipinski definition) is 1. The van der Waals surface area contributed by atoms with Gasteiger partial charge in [0.05, 0.1) is 5.69 Å². The maximum atomic E-state index is 6.09. The van der Waals surface area contributed by atoms with Crippen LogP contribution in [0.25, 0.3) is 0 Å². The van der Waals surface area contributed by atoms with Gasteiger partial charge in [0.1, 0.15) is 11.6 Å². The van der Waals surface area contributed by atoms with E-state index in [0.29, 0.717) is 5.92 Å². The maximum absolute atomic E-state index is 6.09. The minimum absolute atomic E-state index is 0.604. The summed E-state index contributed by atoms with van der Waals surface area (Å²) in [7, 11) is 2.00. The largest absolute Gasteiger partial charge is 0.384 e. The number of anilines is 1. The van der Waals surface area contributed by atoms with Gasteiger partial charge in [-0.15, -0.1) is 0 Å². The van der Waals surface area contributed by atoms with Gasteiger partial charge in [0.25, 0.3) is 0 Å². The highest BCUT2D eigenvalue weighted by atomic mass is 15.1. The summed E-state index contributed by atoms with van der Waals surface area (Å²) < 4.78 is 2.00. The second kappa shape index (κ2) is 4.25. The first-order valence-electron chi connectivity index (χ1n) is 5.99. The van der Waals surface area contributed by atoms with Gasteiger partial charge in [-0.1, -0.05) is 25.7 Å². The van der Waals surface area contributed by atoms with E-state index < -0.39 is 0 Å². The van der Waals surface area contributed by atoms with Gasteiger partial charge in [-0.3, -0.25) is 0 Å². The standard InChI is InChI=1S/C12H21N3/c1-9-14-11(12(13)15(9)2)10-7-5-3-4-6-8-10/h10H,3-8,13H2,1-2H3. The number of aryl methyl sites for hydroxylation is 1. The van der Waals surface area contributed by atoms with E-state index in [-0.39, 0.29) is 0 Å². The smallest absolute Gasteiger partial charge is 0.126 e. The summed E-state index contributed by atoms with van der Waals surface area (Å²) in [6.07, 6.45) is 7.95. The second-order valence-corrected chi connectivity index (χ2v) is 4.68. The molecule has 0 atom stereocenters. The molecule has 2 N–H and O–H groups in total. The van der Waals surface area contributed by atoms with Gasteiger partial charge >= 0.3 is 0 Å². The van der Waals surface area contributed by atoms with E-state index in [4.69, 9.17) is 5.73 Å². The van der Waals surface area contributed by atoms with Crippen molar-refractivity contribution in [1.82, 2.24) is 9.55 Å². The predicted molar refractivity (Wildman–Crippen MR) is 62.8 cm³/mol. The first-order chi connectivity index (χ1) is 7.20. The molecule has 1 saturated carbocycles. The molecule has 0 bridgehead atoms. The molecule has 0 aliphatic heterocycles. The van der Waals surface area contributed by atoms with Crippen molar-refractivity contribution in [3.05, 3.63) is 11.5 Å². The van der Waals surface area contributed by atoms with Crippen LogP contribution >= 0.6 is 0 Å². The minimum atomic E-state index is 0.604. The molecule has 0 spiro atoms. The first-order valence-corrected chi connectivity index (χ1v) is 5.99. The SMILES string of the molecule is Cc1nc(C2CCCCCC2)c(N)n1C. The number of nitrogens with two attached hydrogens (primary N) is 1. The van der Waals surface area contributed by atoms with Gasteiger partial charge in [-0.05, 0) is 19.8 Å². The fraction of sp³-hybridized carbons (Fsp3) is 0.750. The lowest BCUT2D eigenvalue weighted by Crippen LogP contribution is -2.04. The number of aromatic nitrogens is 2. The van der Waals surface area contributed by atoms with Crippen molar-refractivity contribution in [2.24, 2.45) is 7.05 Å². The molecule has 0 saturated heterocycles. The molecule has 84 valence electrons. The van der Waals surface area contributed by atoms with Crippen molar-refractivity contribution in [3.63, 3.8) is 0 Å². The third-order valence-electron chi connectivity index (χ3n) is 3.63. The summed E-state index contributed by atoms with van der Waals surface area (Å²) >= 11 is 0. The summed E-state index contributed by atoms with van der Waals surface area (Å²) in [4.78, 5) is 4.61. The molecular formula is C12H21N3. The summed E-state index contributed by atoms with van der Waals surface area (Å²) in [5.41, 5.74) is 7.24. The van der Waals surface area contributed by atoms with Gasteiger partial charge in [-0.2, -0.15) is 0 Å². The zero-order valence-corrected chi connectivity index (χ0v) is 9.79. The molecular weight excluding hydrogens is 186 g/mol. The van der Waals surface area contributed by atoms with Crippen LogP contribution in [0.3, 0.4) is 0 Å². The average Bonchev–Trinajstić information content (AvgIpc) is 2.51. The Morgan fingerprint density at radius 1 is 1.20 bits per heavy atom. The Labute approximate surface area is 91.7 Å².